The molecule has 0 aliphatic carbocycles. The Labute approximate surface area is 161 Å². The fourth-order valence-electron chi connectivity index (χ4n) is 2.62. The molecule has 6 nitrogen and oxygen atoms in total. The number of aliphatic hydroxyl groups excluding tert-OH is 1. The molecule has 2 aromatic heterocycles. The smallest absolute Gasteiger partial charge is 0.182 e. The van der Waals surface area contributed by atoms with E-state index in [-0.39, 0.29) is 15.7 Å². The third-order valence-electron chi connectivity index (χ3n) is 3.83. The van der Waals surface area contributed by atoms with E-state index >= 15 is 0 Å². The summed E-state index contributed by atoms with van der Waals surface area (Å²) in [5.74, 6) is -0.358. The summed E-state index contributed by atoms with van der Waals surface area (Å²) >= 11 is 7.58. The third-order valence-corrected chi connectivity index (χ3v) is 7.21. The molecule has 0 bridgehead atoms. The molecule has 0 amide bonds. The highest BCUT2D eigenvalue weighted by Gasteiger charge is 2.20. The van der Waals surface area contributed by atoms with Gasteiger partial charge in [-0.05, 0) is 30.7 Å². The lowest BCUT2D eigenvalue weighted by atomic mass is 10.1. The zero-order valence-electron chi connectivity index (χ0n) is 14.3. The number of aromatic nitrogens is 3. The van der Waals surface area contributed by atoms with Gasteiger partial charge in [0.05, 0.1) is 43.6 Å². The van der Waals surface area contributed by atoms with Crippen molar-refractivity contribution >= 4 is 32.8 Å². The van der Waals surface area contributed by atoms with Crippen molar-refractivity contribution in [2.24, 2.45) is 7.05 Å². The van der Waals surface area contributed by atoms with Crippen LogP contribution in [0.25, 0.3) is 10.4 Å². The SMILES string of the molecule is Cc1nc(Cc2ccn(C)n2)sc1-c1ccc(Cl)c(S(=O)(=O)CCO)c1. The number of benzene rings is 1. The Morgan fingerprint density at radius 3 is 2.73 bits per heavy atom. The lowest BCUT2D eigenvalue weighted by Gasteiger charge is -2.07. The minimum absolute atomic E-state index is 0.0322. The van der Waals surface area contributed by atoms with Crippen molar-refractivity contribution in [3.05, 3.63) is 51.9 Å². The van der Waals surface area contributed by atoms with Gasteiger partial charge in [-0.1, -0.05) is 17.7 Å². The zero-order valence-corrected chi connectivity index (χ0v) is 16.7. The summed E-state index contributed by atoms with van der Waals surface area (Å²) in [5.41, 5.74) is 2.50. The van der Waals surface area contributed by atoms with Crippen molar-refractivity contribution < 1.29 is 13.5 Å². The maximum Gasteiger partial charge on any atom is 0.182 e. The molecule has 0 radical (unpaired) electrons. The van der Waals surface area contributed by atoms with E-state index in [9.17, 15) is 8.42 Å². The molecule has 26 heavy (non-hydrogen) atoms. The third kappa shape index (κ3) is 3.98. The first-order valence-corrected chi connectivity index (χ1v) is 10.7. The van der Waals surface area contributed by atoms with Crippen LogP contribution >= 0.6 is 22.9 Å². The van der Waals surface area contributed by atoms with Crippen LogP contribution in [0.2, 0.25) is 5.02 Å². The van der Waals surface area contributed by atoms with Crippen LogP contribution in [0.1, 0.15) is 16.4 Å². The van der Waals surface area contributed by atoms with Gasteiger partial charge in [0.2, 0.25) is 0 Å². The summed E-state index contributed by atoms with van der Waals surface area (Å²) < 4.78 is 26.4. The molecule has 0 spiro atoms. The van der Waals surface area contributed by atoms with Crippen molar-refractivity contribution in [3.8, 4) is 10.4 Å². The molecule has 0 fully saturated rings. The van der Waals surface area contributed by atoms with Crippen molar-refractivity contribution in [1.29, 1.82) is 0 Å². The van der Waals surface area contributed by atoms with E-state index in [0.29, 0.717) is 6.42 Å². The van der Waals surface area contributed by atoms with E-state index in [1.807, 2.05) is 26.2 Å². The zero-order chi connectivity index (χ0) is 18.9. The van der Waals surface area contributed by atoms with Crippen LogP contribution in [-0.4, -0.2) is 40.6 Å². The number of halogens is 1. The van der Waals surface area contributed by atoms with Gasteiger partial charge in [0.25, 0.3) is 0 Å². The van der Waals surface area contributed by atoms with E-state index in [2.05, 4.69) is 10.1 Å². The van der Waals surface area contributed by atoms with Gasteiger partial charge < -0.3 is 5.11 Å². The second-order valence-electron chi connectivity index (χ2n) is 5.87. The number of sulfone groups is 1. The Bertz CT molecular complexity index is 1040. The molecule has 3 aromatic rings. The van der Waals surface area contributed by atoms with Gasteiger partial charge in [-0.25, -0.2) is 13.4 Å². The molecule has 2 heterocycles. The largest absolute Gasteiger partial charge is 0.395 e. The van der Waals surface area contributed by atoms with Crippen molar-refractivity contribution in [1.82, 2.24) is 14.8 Å². The summed E-state index contributed by atoms with van der Waals surface area (Å²) in [6, 6.07) is 6.85. The summed E-state index contributed by atoms with van der Waals surface area (Å²) in [5, 5.41) is 14.4. The van der Waals surface area contributed by atoms with Crippen molar-refractivity contribution in [3.63, 3.8) is 0 Å². The fourth-order valence-corrected chi connectivity index (χ4v) is 5.30. The number of aliphatic hydroxyl groups is 1. The Morgan fingerprint density at radius 2 is 2.08 bits per heavy atom. The van der Waals surface area contributed by atoms with Gasteiger partial charge in [-0.3, -0.25) is 4.68 Å². The van der Waals surface area contributed by atoms with E-state index in [0.717, 1.165) is 26.8 Å². The van der Waals surface area contributed by atoms with E-state index in [4.69, 9.17) is 16.7 Å². The Balaban J connectivity index is 1.97. The molecular weight excluding hydrogens is 394 g/mol. The molecule has 0 unspecified atom stereocenters. The number of hydrogen-bond donors (Lipinski definition) is 1. The molecule has 9 heteroatoms. The molecule has 1 aromatic carbocycles. The molecule has 0 saturated heterocycles. The number of nitrogens with zero attached hydrogens (tertiary/aromatic N) is 3. The molecule has 3 rings (SSSR count). The first-order valence-electron chi connectivity index (χ1n) is 7.88. The number of aryl methyl sites for hydroxylation is 2. The second-order valence-corrected chi connectivity index (χ2v) is 9.44. The first kappa shape index (κ1) is 19.0. The number of rotatable bonds is 6. The van der Waals surface area contributed by atoms with Gasteiger partial charge in [-0.15, -0.1) is 11.3 Å². The maximum absolute atomic E-state index is 12.3. The van der Waals surface area contributed by atoms with Crippen LogP contribution in [0.4, 0.5) is 0 Å². The summed E-state index contributed by atoms with van der Waals surface area (Å²) in [7, 11) is -1.77. The summed E-state index contributed by atoms with van der Waals surface area (Å²) in [6.07, 6.45) is 2.50. The van der Waals surface area contributed by atoms with Gasteiger partial charge in [0, 0.05) is 19.7 Å². The predicted molar refractivity (Wildman–Crippen MR) is 102 cm³/mol. The van der Waals surface area contributed by atoms with Crippen LogP contribution in [0, 0.1) is 6.92 Å². The van der Waals surface area contributed by atoms with Crippen LogP contribution in [-0.2, 0) is 23.3 Å². The lowest BCUT2D eigenvalue weighted by Crippen LogP contribution is -2.10. The average molecular weight is 412 g/mol. The molecule has 0 atom stereocenters. The average Bonchev–Trinajstić information content (AvgIpc) is 3.13. The molecule has 0 aliphatic heterocycles. The number of thiazole rings is 1. The Kier molecular flexibility index (Phi) is 5.47. The second kappa shape index (κ2) is 7.48. The summed E-state index contributed by atoms with van der Waals surface area (Å²) in [4.78, 5) is 5.52. The highest BCUT2D eigenvalue weighted by molar-refractivity contribution is 7.91. The van der Waals surface area contributed by atoms with Crippen LogP contribution in [0.3, 0.4) is 0 Å². The van der Waals surface area contributed by atoms with Crippen molar-refractivity contribution in [2.45, 2.75) is 18.2 Å². The number of hydrogen-bond acceptors (Lipinski definition) is 6. The fraction of sp³-hybridized carbons (Fsp3) is 0.294. The van der Waals surface area contributed by atoms with Gasteiger partial charge in [0.1, 0.15) is 0 Å². The van der Waals surface area contributed by atoms with Crippen LogP contribution in [0.15, 0.2) is 35.4 Å². The van der Waals surface area contributed by atoms with E-state index in [1.54, 1.807) is 22.9 Å². The van der Waals surface area contributed by atoms with Crippen LogP contribution in [0.5, 0.6) is 0 Å². The maximum atomic E-state index is 12.3. The highest BCUT2D eigenvalue weighted by atomic mass is 35.5. The molecule has 138 valence electrons. The molecule has 1 N–H and O–H groups in total. The Morgan fingerprint density at radius 1 is 1.31 bits per heavy atom. The lowest BCUT2D eigenvalue weighted by molar-refractivity contribution is 0.319. The standard InChI is InChI=1S/C17H18ClN3O3S2/c1-11-17(25-16(19-11)10-13-5-6-21(2)20-13)12-3-4-14(18)15(9-12)26(23,24)8-7-22/h3-6,9,22H,7-8,10H2,1-2H3. The minimum Gasteiger partial charge on any atom is -0.395 e. The predicted octanol–water partition coefficient (Wildman–Crippen LogP) is 2.86. The normalized spacial score (nSPS) is 11.8. The first-order chi connectivity index (χ1) is 12.3. The van der Waals surface area contributed by atoms with Gasteiger partial charge in [0.15, 0.2) is 9.84 Å². The van der Waals surface area contributed by atoms with E-state index < -0.39 is 16.4 Å². The Hall–Kier alpha value is -1.74. The minimum atomic E-state index is -3.63. The molecule has 0 aliphatic rings. The quantitative estimate of drug-likeness (QED) is 0.674. The van der Waals surface area contributed by atoms with E-state index in [1.165, 1.54) is 11.3 Å². The van der Waals surface area contributed by atoms with Crippen LogP contribution < -0.4 is 0 Å². The molecule has 0 saturated carbocycles. The topological polar surface area (TPSA) is 85.1 Å². The molecular formula is C17H18ClN3O3S2. The highest BCUT2D eigenvalue weighted by Crippen LogP contribution is 2.34. The monoisotopic (exact) mass is 411 g/mol. The van der Waals surface area contributed by atoms with Crippen molar-refractivity contribution in [2.75, 3.05) is 12.4 Å². The van der Waals surface area contributed by atoms with Gasteiger partial charge in [-0.2, -0.15) is 5.10 Å². The van der Waals surface area contributed by atoms with Gasteiger partial charge >= 0.3 is 0 Å². The summed E-state index contributed by atoms with van der Waals surface area (Å²) in [6.45, 7) is 1.45.